The van der Waals surface area contributed by atoms with E-state index in [9.17, 15) is 27.2 Å². The molecule has 1 fully saturated rings. The van der Waals surface area contributed by atoms with E-state index in [4.69, 9.17) is 5.73 Å². The molecule has 1 amide bonds. The number of hydrogen-bond donors (Lipinski definition) is 2. The molecular weight excluding hydrogens is 441 g/mol. The van der Waals surface area contributed by atoms with Crippen molar-refractivity contribution in [1.82, 2.24) is 13.9 Å². The van der Waals surface area contributed by atoms with Crippen molar-refractivity contribution in [3.63, 3.8) is 0 Å². The van der Waals surface area contributed by atoms with Crippen LogP contribution in [0.4, 0.5) is 15.9 Å². The predicted molar refractivity (Wildman–Crippen MR) is 118 cm³/mol. The van der Waals surface area contributed by atoms with E-state index in [-0.39, 0.29) is 36.7 Å². The molecule has 1 aromatic carbocycles. The van der Waals surface area contributed by atoms with Crippen molar-refractivity contribution in [3.8, 4) is 0 Å². The maximum Gasteiger partial charge on any atom is 0.330 e. The number of carbonyl (C=O) groups excluding carboxylic acids is 1. The number of benzene rings is 1. The molecule has 12 heteroatoms. The Morgan fingerprint density at radius 3 is 2.53 bits per heavy atom. The fourth-order valence-electron chi connectivity index (χ4n) is 3.64. The lowest BCUT2D eigenvalue weighted by molar-refractivity contribution is 0.0992. The molecule has 0 aliphatic carbocycles. The van der Waals surface area contributed by atoms with Crippen molar-refractivity contribution in [3.05, 3.63) is 50.4 Å². The second-order valence-electron chi connectivity index (χ2n) is 7.62. The van der Waals surface area contributed by atoms with Crippen molar-refractivity contribution < 1.29 is 17.6 Å². The Kier molecular flexibility index (Phi) is 6.84. The quantitative estimate of drug-likeness (QED) is 0.626. The monoisotopic (exact) mass is 467 g/mol. The van der Waals surface area contributed by atoms with E-state index in [0.29, 0.717) is 19.3 Å². The number of unbranched alkanes of at least 4 members (excludes halogenated alkanes) is 1. The molecule has 2 aromatic rings. The zero-order chi connectivity index (χ0) is 23.6. The summed E-state index contributed by atoms with van der Waals surface area (Å²) in [5.41, 5.74) is 4.10. The third kappa shape index (κ3) is 4.32. The number of nitrogens with zero attached hydrogens (tertiary/aromatic N) is 3. The highest BCUT2D eigenvalue weighted by Gasteiger charge is 2.31. The van der Waals surface area contributed by atoms with Gasteiger partial charge in [-0.05, 0) is 37.5 Å². The van der Waals surface area contributed by atoms with Gasteiger partial charge in [-0.2, -0.15) is 4.31 Å². The minimum absolute atomic E-state index is 0.142. The van der Waals surface area contributed by atoms with Crippen LogP contribution >= 0.6 is 0 Å². The topological polar surface area (TPSA) is 139 Å². The fourth-order valence-corrected chi connectivity index (χ4v) is 5.24. The van der Waals surface area contributed by atoms with Gasteiger partial charge < -0.3 is 10.6 Å². The summed E-state index contributed by atoms with van der Waals surface area (Å²) in [4.78, 5) is 40.1. The zero-order valence-corrected chi connectivity index (χ0v) is 18.7. The summed E-state index contributed by atoms with van der Waals surface area (Å²) in [7, 11) is -2.83. The van der Waals surface area contributed by atoms with Crippen LogP contribution in [-0.4, -0.2) is 48.3 Å². The lowest BCUT2D eigenvalue weighted by Crippen LogP contribution is -2.39. The molecule has 32 heavy (non-hydrogen) atoms. The number of aromatic amines is 1. The van der Waals surface area contributed by atoms with Gasteiger partial charge in [-0.3, -0.25) is 19.1 Å². The fraction of sp³-hybridized carbons (Fsp3) is 0.450. The summed E-state index contributed by atoms with van der Waals surface area (Å²) in [5.74, 6) is -1.93. The standard InChI is InChI=1S/C20H26FN5O5S/c1-3-4-11-26-17(22)16(18(27)23-20(26)29)24(2)19(28)13-7-8-14(21)15(12-13)32(30,31)25-9-5-6-10-25/h7-8,12H,3-6,9-11,22H2,1-2H3,(H,23,27,29). The number of nitrogens with two attached hydrogens (primary N) is 1. The summed E-state index contributed by atoms with van der Waals surface area (Å²) >= 11 is 0. The highest BCUT2D eigenvalue weighted by molar-refractivity contribution is 7.89. The largest absolute Gasteiger partial charge is 0.383 e. The van der Waals surface area contributed by atoms with E-state index in [1.54, 1.807) is 0 Å². The van der Waals surface area contributed by atoms with Crippen LogP contribution in [-0.2, 0) is 16.6 Å². The average Bonchev–Trinajstić information content (AvgIpc) is 3.29. The molecule has 0 atom stereocenters. The maximum atomic E-state index is 14.4. The first kappa shape index (κ1) is 23.7. The highest BCUT2D eigenvalue weighted by atomic mass is 32.2. The molecule has 1 saturated heterocycles. The zero-order valence-electron chi connectivity index (χ0n) is 17.9. The number of nitrogen functional groups attached to an aromatic ring is 1. The summed E-state index contributed by atoms with van der Waals surface area (Å²) in [5, 5.41) is 0. The van der Waals surface area contributed by atoms with Crippen LogP contribution < -0.4 is 21.9 Å². The van der Waals surface area contributed by atoms with Gasteiger partial charge in [0.15, 0.2) is 5.69 Å². The van der Waals surface area contributed by atoms with Crippen LogP contribution in [0.5, 0.6) is 0 Å². The van der Waals surface area contributed by atoms with Crippen molar-refractivity contribution in [2.24, 2.45) is 0 Å². The molecule has 0 saturated carbocycles. The van der Waals surface area contributed by atoms with E-state index < -0.39 is 37.9 Å². The van der Waals surface area contributed by atoms with Crippen LogP contribution in [0.2, 0.25) is 0 Å². The van der Waals surface area contributed by atoms with Gasteiger partial charge >= 0.3 is 5.69 Å². The molecule has 0 radical (unpaired) electrons. The number of sulfonamides is 1. The lowest BCUT2D eigenvalue weighted by Gasteiger charge is -2.21. The first-order valence-electron chi connectivity index (χ1n) is 10.3. The molecular formula is C20H26FN5O5S. The Labute approximate surface area is 184 Å². The smallest absolute Gasteiger partial charge is 0.330 e. The number of halogens is 1. The number of amides is 1. The number of anilines is 2. The van der Waals surface area contributed by atoms with Crippen molar-refractivity contribution in [2.45, 2.75) is 44.0 Å². The van der Waals surface area contributed by atoms with Gasteiger partial charge in [-0.1, -0.05) is 13.3 Å². The number of aromatic nitrogens is 2. The number of H-pyrrole nitrogens is 1. The third-order valence-electron chi connectivity index (χ3n) is 5.45. The van der Waals surface area contributed by atoms with Gasteiger partial charge in [0.2, 0.25) is 10.0 Å². The number of nitrogens with one attached hydrogen (secondary N) is 1. The maximum absolute atomic E-state index is 14.4. The molecule has 3 rings (SSSR count). The Balaban J connectivity index is 2.02. The molecule has 0 spiro atoms. The Hall–Kier alpha value is -2.99. The minimum Gasteiger partial charge on any atom is -0.383 e. The first-order valence-corrected chi connectivity index (χ1v) is 11.7. The van der Waals surface area contributed by atoms with Gasteiger partial charge in [0, 0.05) is 32.2 Å². The summed E-state index contributed by atoms with van der Waals surface area (Å²) in [6, 6.07) is 2.99. The normalized spacial score (nSPS) is 14.6. The average molecular weight is 468 g/mol. The minimum atomic E-state index is -4.11. The summed E-state index contributed by atoms with van der Waals surface area (Å²) in [6.45, 7) is 2.74. The van der Waals surface area contributed by atoms with Crippen LogP contribution in [0, 0.1) is 5.82 Å². The summed E-state index contributed by atoms with van der Waals surface area (Å²) < 4.78 is 42.4. The number of carbonyl (C=O) groups is 1. The Morgan fingerprint density at radius 1 is 1.25 bits per heavy atom. The van der Waals surface area contributed by atoms with Crippen LogP contribution in [0.1, 0.15) is 43.0 Å². The molecule has 0 unspecified atom stereocenters. The van der Waals surface area contributed by atoms with E-state index in [1.807, 2.05) is 6.92 Å². The van der Waals surface area contributed by atoms with Crippen molar-refractivity contribution in [1.29, 1.82) is 0 Å². The molecule has 1 aromatic heterocycles. The molecule has 2 heterocycles. The Bertz CT molecular complexity index is 1250. The van der Waals surface area contributed by atoms with E-state index in [0.717, 1.165) is 34.1 Å². The van der Waals surface area contributed by atoms with E-state index >= 15 is 0 Å². The molecule has 3 N–H and O–H groups in total. The number of rotatable bonds is 7. The first-order chi connectivity index (χ1) is 15.1. The van der Waals surface area contributed by atoms with E-state index in [2.05, 4.69) is 4.98 Å². The molecule has 0 bridgehead atoms. The van der Waals surface area contributed by atoms with Crippen LogP contribution in [0.15, 0.2) is 32.7 Å². The van der Waals surface area contributed by atoms with E-state index in [1.165, 1.54) is 11.4 Å². The van der Waals surface area contributed by atoms with Gasteiger partial charge in [0.05, 0.1) is 0 Å². The van der Waals surface area contributed by atoms with Crippen molar-refractivity contribution >= 4 is 27.4 Å². The third-order valence-corrected chi connectivity index (χ3v) is 7.36. The van der Waals surface area contributed by atoms with Crippen LogP contribution in [0.25, 0.3) is 0 Å². The Morgan fingerprint density at radius 2 is 1.91 bits per heavy atom. The predicted octanol–water partition coefficient (Wildman–Crippen LogP) is 1.12. The molecule has 1 aliphatic rings. The van der Waals surface area contributed by atoms with Crippen LogP contribution in [0.3, 0.4) is 0 Å². The molecule has 1 aliphatic heterocycles. The van der Waals surface area contributed by atoms with Gasteiger partial charge in [-0.25, -0.2) is 17.6 Å². The van der Waals surface area contributed by atoms with Gasteiger partial charge in [0.25, 0.3) is 11.5 Å². The molecule has 174 valence electrons. The van der Waals surface area contributed by atoms with Gasteiger partial charge in [0.1, 0.15) is 16.5 Å². The van der Waals surface area contributed by atoms with Gasteiger partial charge in [-0.15, -0.1) is 0 Å². The van der Waals surface area contributed by atoms with Crippen molar-refractivity contribution in [2.75, 3.05) is 30.8 Å². The lowest BCUT2D eigenvalue weighted by atomic mass is 10.2. The highest BCUT2D eigenvalue weighted by Crippen LogP contribution is 2.25. The second kappa shape index (κ2) is 9.25. The molecule has 10 nitrogen and oxygen atoms in total. The second-order valence-corrected chi connectivity index (χ2v) is 9.53. The summed E-state index contributed by atoms with van der Waals surface area (Å²) in [6.07, 6.45) is 2.76. The SMILES string of the molecule is CCCCn1c(N)c(N(C)C(=O)c2ccc(F)c(S(=O)(=O)N3CCCC3)c2)c(=O)[nH]c1=O. The number of hydrogen-bond acceptors (Lipinski definition) is 6.